The fourth-order valence-corrected chi connectivity index (χ4v) is 4.12. The van der Waals surface area contributed by atoms with Crippen molar-refractivity contribution in [3.8, 4) is 23.1 Å². The van der Waals surface area contributed by atoms with Crippen LogP contribution in [0.1, 0.15) is 5.69 Å². The third-order valence-corrected chi connectivity index (χ3v) is 6.01. The summed E-state index contributed by atoms with van der Waals surface area (Å²) < 4.78 is 7.53. The van der Waals surface area contributed by atoms with Gasteiger partial charge in [-0.05, 0) is 32.3 Å². The molecular formula is C26H30N8O. The maximum atomic E-state index is 9.84. The van der Waals surface area contributed by atoms with Crippen LogP contribution in [0, 0.1) is 11.3 Å². The van der Waals surface area contributed by atoms with E-state index in [0.29, 0.717) is 34.5 Å². The van der Waals surface area contributed by atoms with E-state index in [4.69, 9.17) is 15.5 Å². The molecule has 0 saturated heterocycles. The predicted octanol–water partition coefficient (Wildman–Crippen LogP) is 3.84. The zero-order valence-corrected chi connectivity index (χ0v) is 20.7. The molecule has 0 fully saturated rings. The lowest BCUT2D eigenvalue weighted by atomic mass is 10.1. The van der Waals surface area contributed by atoms with Crippen LogP contribution >= 0.6 is 0 Å². The Morgan fingerprint density at radius 2 is 1.91 bits per heavy atom. The van der Waals surface area contributed by atoms with Crippen LogP contribution < -0.4 is 20.7 Å². The van der Waals surface area contributed by atoms with Gasteiger partial charge >= 0.3 is 0 Å². The van der Waals surface area contributed by atoms with E-state index in [9.17, 15) is 5.26 Å². The lowest BCUT2D eigenvalue weighted by Crippen LogP contribution is -2.29. The van der Waals surface area contributed by atoms with Crippen LogP contribution in [0.2, 0.25) is 0 Å². The number of likely N-dealkylation sites (N-methyl/N-ethyl adjacent to an activating group) is 2. The first-order valence-corrected chi connectivity index (χ1v) is 11.2. The second kappa shape index (κ2) is 9.91. The average molecular weight is 471 g/mol. The molecule has 0 aliphatic rings. The van der Waals surface area contributed by atoms with Crippen molar-refractivity contribution in [2.75, 3.05) is 57.3 Å². The van der Waals surface area contributed by atoms with Crippen molar-refractivity contribution in [2.45, 2.75) is 0 Å². The van der Waals surface area contributed by atoms with Crippen LogP contribution in [0.15, 0.2) is 48.7 Å². The number of nitrogens with two attached hydrogens (primary N) is 1. The highest BCUT2D eigenvalue weighted by molar-refractivity contribution is 5.98. The molecule has 9 nitrogen and oxygen atoms in total. The second-order valence-corrected chi connectivity index (χ2v) is 8.64. The predicted molar refractivity (Wildman–Crippen MR) is 141 cm³/mol. The minimum atomic E-state index is 0.380. The van der Waals surface area contributed by atoms with Gasteiger partial charge in [-0.2, -0.15) is 5.26 Å². The summed E-state index contributed by atoms with van der Waals surface area (Å²) in [5.41, 5.74) is 11.5. The number of hydrogen-bond donors (Lipinski definition) is 2. The van der Waals surface area contributed by atoms with Gasteiger partial charge in [0.1, 0.15) is 17.5 Å². The van der Waals surface area contributed by atoms with E-state index in [2.05, 4.69) is 26.2 Å². The minimum absolute atomic E-state index is 0.380. The molecule has 0 bridgehead atoms. The number of hydrogen-bond acceptors (Lipinski definition) is 8. The molecule has 0 saturated carbocycles. The highest BCUT2D eigenvalue weighted by Crippen LogP contribution is 2.37. The Morgan fingerprint density at radius 3 is 2.63 bits per heavy atom. The summed E-state index contributed by atoms with van der Waals surface area (Å²) in [5.74, 6) is 1.01. The Hall–Kier alpha value is -4.29. The molecule has 0 radical (unpaired) electrons. The summed E-state index contributed by atoms with van der Waals surface area (Å²) in [5, 5.41) is 14.0. The molecule has 0 unspecified atom stereocenters. The summed E-state index contributed by atoms with van der Waals surface area (Å²) in [6.45, 7) is 1.72. The zero-order chi connectivity index (χ0) is 25.1. The van der Waals surface area contributed by atoms with Gasteiger partial charge in [0, 0.05) is 55.9 Å². The molecule has 0 amide bonds. The number of rotatable bonds is 8. The maximum absolute atomic E-state index is 9.84. The molecule has 2 aromatic heterocycles. The smallest absolute Gasteiger partial charge is 0.227 e. The number of aryl methyl sites for hydroxylation is 1. The van der Waals surface area contributed by atoms with Crippen molar-refractivity contribution in [3.05, 3.63) is 54.4 Å². The summed E-state index contributed by atoms with van der Waals surface area (Å²) in [6, 6.07) is 15.8. The number of nitrogens with zero attached hydrogens (tertiary/aromatic N) is 6. The van der Waals surface area contributed by atoms with E-state index in [1.54, 1.807) is 13.3 Å². The molecule has 0 aliphatic heterocycles. The Bertz CT molecular complexity index is 1400. The Balaban J connectivity index is 1.69. The topological polar surface area (TPSA) is 108 Å². The SMILES string of the molecule is COc1cc(N(C)CCN(C)C)c(N)cc1Nc1nccc(-c2c(C#N)n(C)c3ccccc23)n1. The summed E-state index contributed by atoms with van der Waals surface area (Å²) >= 11 is 0. The molecule has 0 atom stereocenters. The first-order valence-electron chi connectivity index (χ1n) is 11.2. The number of nitrogens with one attached hydrogen (secondary N) is 1. The first-order chi connectivity index (χ1) is 16.8. The molecule has 9 heteroatoms. The molecule has 2 aromatic carbocycles. The van der Waals surface area contributed by atoms with Crippen LogP contribution in [0.4, 0.5) is 23.0 Å². The van der Waals surface area contributed by atoms with Crippen LogP contribution in [0.3, 0.4) is 0 Å². The molecule has 3 N–H and O–H groups in total. The number of ether oxygens (including phenoxy) is 1. The molecule has 35 heavy (non-hydrogen) atoms. The standard InChI is InChI=1S/C26H30N8O/c1-32(2)12-13-33(3)22-15-24(35-5)20(14-18(22)28)31-26-29-11-10-19(30-26)25-17-8-6-7-9-21(17)34(4)23(25)16-27/h6-11,14-15H,12-13,28H2,1-5H3,(H,29,30,31). The summed E-state index contributed by atoms with van der Waals surface area (Å²) in [7, 11) is 9.58. The lowest BCUT2D eigenvalue weighted by Gasteiger charge is -2.24. The highest BCUT2D eigenvalue weighted by Gasteiger charge is 2.19. The van der Waals surface area contributed by atoms with Gasteiger partial charge in [0.2, 0.25) is 5.95 Å². The van der Waals surface area contributed by atoms with Crippen molar-refractivity contribution in [3.63, 3.8) is 0 Å². The summed E-state index contributed by atoms with van der Waals surface area (Å²) in [6.07, 6.45) is 1.67. The van der Waals surface area contributed by atoms with Gasteiger partial charge in [0.25, 0.3) is 0 Å². The monoisotopic (exact) mass is 470 g/mol. The molecule has 0 spiro atoms. The second-order valence-electron chi connectivity index (χ2n) is 8.64. The van der Waals surface area contributed by atoms with Crippen molar-refractivity contribution in [1.29, 1.82) is 5.26 Å². The lowest BCUT2D eigenvalue weighted by molar-refractivity contribution is 0.413. The number of nitriles is 1. The fraction of sp³-hybridized carbons (Fsp3) is 0.269. The average Bonchev–Trinajstić information content (AvgIpc) is 3.14. The molecule has 4 rings (SSSR count). The van der Waals surface area contributed by atoms with E-state index < -0.39 is 0 Å². The van der Waals surface area contributed by atoms with Crippen LogP contribution in [-0.2, 0) is 7.05 Å². The molecular weight excluding hydrogens is 440 g/mol. The van der Waals surface area contributed by atoms with Gasteiger partial charge in [-0.3, -0.25) is 0 Å². The first kappa shape index (κ1) is 23.9. The molecule has 180 valence electrons. The normalized spacial score (nSPS) is 11.0. The summed E-state index contributed by atoms with van der Waals surface area (Å²) in [4.78, 5) is 13.3. The third kappa shape index (κ3) is 4.69. The van der Waals surface area contributed by atoms with E-state index in [0.717, 1.165) is 35.2 Å². The molecule has 2 heterocycles. The van der Waals surface area contributed by atoms with Crippen molar-refractivity contribution >= 4 is 33.9 Å². The van der Waals surface area contributed by atoms with E-state index in [1.165, 1.54) is 0 Å². The zero-order valence-electron chi connectivity index (χ0n) is 20.7. The minimum Gasteiger partial charge on any atom is -0.494 e. The maximum Gasteiger partial charge on any atom is 0.227 e. The van der Waals surface area contributed by atoms with Crippen LogP contribution in [-0.4, -0.2) is 60.8 Å². The fourth-order valence-electron chi connectivity index (χ4n) is 4.12. The molecule has 4 aromatic rings. The number of para-hydroxylation sites is 1. The molecule has 0 aliphatic carbocycles. The van der Waals surface area contributed by atoms with Gasteiger partial charge in [0.05, 0.1) is 29.9 Å². The van der Waals surface area contributed by atoms with Gasteiger partial charge in [0.15, 0.2) is 0 Å². The number of nitrogen functional groups attached to an aromatic ring is 1. The van der Waals surface area contributed by atoms with Crippen molar-refractivity contribution < 1.29 is 4.74 Å². The van der Waals surface area contributed by atoms with Gasteiger partial charge in [-0.1, -0.05) is 18.2 Å². The van der Waals surface area contributed by atoms with Gasteiger partial charge in [-0.15, -0.1) is 0 Å². The number of anilines is 4. The number of benzene rings is 2. The van der Waals surface area contributed by atoms with Crippen LogP contribution in [0.5, 0.6) is 5.75 Å². The van der Waals surface area contributed by atoms with Gasteiger partial charge in [-0.25, -0.2) is 9.97 Å². The van der Waals surface area contributed by atoms with Gasteiger partial charge < -0.3 is 30.2 Å². The number of aromatic nitrogens is 3. The quantitative estimate of drug-likeness (QED) is 0.374. The number of methoxy groups -OCH3 is 1. The highest BCUT2D eigenvalue weighted by atomic mass is 16.5. The van der Waals surface area contributed by atoms with Crippen LogP contribution in [0.25, 0.3) is 22.2 Å². The Morgan fingerprint density at radius 1 is 1.14 bits per heavy atom. The van der Waals surface area contributed by atoms with E-state index in [-0.39, 0.29) is 0 Å². The van der Waals surface area contributed by atoms with Crippen molar-refractivity contribution in [1.82, 2.24) is 19.4 Å². The Kier molecular flexibility index (Phi) is 6.75. The third-order valence-electron chi connectivity index (χ3n) is 6.01. The Labute approximate surface area is 205 Å². The van der Waals surface area contributed by atoms with E-state index >= 15 is 0 Å². The largest absolute Gasteiger partial charge is 0.494 e. The van der Waals surface area contributed by atoms with E-state index in [1.807, 2.05) is 75.2 Å². The van der Waals surface area contributed by atoms with Crippen molar-refractivity contribution in [2.24, 2.45) is 7.05 Å². The number of fused-ring (bicyclic) bond motifs is 1.